The predicted octanol–water partition coefficient (Wildman–Crippen LogP) is 2.92. The monoisotopic (exact) mass is 146 g/mol. The van der Waals surface area contributed by atoms with Crippen molar-refractivity contribution in [3.63, 3.8) is 0 Å². The second-order valence-electron chi connectivity index (χ2n) is 2.88. The van der Waals surface area contributed by atoms with E-state index in [0.717, 1.165) is 6.42 Å². The highest BCUT2D eigenvalue weighted by atomic mass is 14.1. The number of allylic oxidation sites excluding steroid dienone is 4. The van der Waals surface area contributed by atoms with Gasteiger partial charge in [0.15, 0.2) is 0 Å². The molecule has 0 spiro atoms. The Morgan fingerprint density at radius 2 is 1.91 bits per heavy atom. The van der Waals surface area contributed by atoms with E-state index in [4.69, 9.17) is 6.42 Å². The van der Waals surface area contributed by atoms with E-state index in [2.05, 4.69) is 30.2 Å². The highest BCUT2D eigenvalue weighted by Gasteiger charge is 2.01. The largest absolute Gasteiger partial charge is 0.120 e. The number of hydrogen-bond donors (Lipinski definition) is 0. The predicted molar refractivity (Wildman–Crippen MR) is 49.1 cm³/mol. The zero-order valence-electron chi connectivity index (χ0n) is 6.79. The van der Waals surface area contributed by atoms with Crippen molar-refractivity contribution in [1.29, 1.82) is 0 Å². The molecule has 1 rings (SSSR count). The third-order valence-corrected chi connectivity index (χ3v) is 1.94. The summed E-state index contributed by atoms with van der Waals surface area (Å²) < 4.78 is 0. The molecule has 0 aromatic heterocycles. The van der Waals surface area contributed by atoms with Crippen molar-refractivity contribution in [2.75, 3.05) is 0 Å². The number of hydrogen-bond acceptors (Lipinski definition) is 0. The summed E-state index contributed by atoms with van der Waals surface area (Å²) in [6.07, 6.45) is 18.5. The van der Waals surface area contributed by atoms with Crippen LogP contribution in [0.15, 0.2) is 24.3 Å². The van der Waals surface area contributed by atoms with E-state index in [1.54, 1.807) is 0 Å². The molecule has 0 saturated carbocycles. The van der Waals surface area contributed by atoms with Crippen LogP contribution in [-0.2, 0) is 0 Å². The molecule has 0 radical (unpaired) electrons. The van der Waals surface area contributed by atoms with Crippen LogP contribution < -0.4 is 0 Å². The molecule has 0 fully saturated rings. The standard InChI is InChI=1S/C11H14/c1-2-3-4-5-8-11-9-6-7-10-11/h1,6-7,9-11H,3-5,8H2. The summed E-state index contributed by atoms with van der Waals surface area (Å²) in [5.74, 6) is 3.34. The normalized spacial score (nSPS) is 15.5. The van der Waals surface area contributed by atoms with Gasteiger partial charge in [0.2, 0.25) is 0 Å². The van der Waals surface area contributed by atoms with E-state index < -0.39 is 0 Å². The highest BCUT2D eigenvalue weighted by molar-refractivity contribution is 5.17. The van der Waals surface area contributed by atoms with E-state index in [1.165, 1.54) is 19.3 Å². The van der Waals surface area contributed by atoms with E-state index in [0.29, 0.717) is 5.92 Å². The Labute approximate surface area is 69.0 Å². The Bertz CT molecular complexity index is 179. The lowest BCUT2D eigenvalue weighted by Gasteiger charge is -2.02. The molecule has 0 unspecified atom stereocenters. The highest BCUT2D eigenvalue weighted by Crippen LogP contribution is 2.16. The maximum atomic E-state index is 5.14. The van der Waals surface area contributed by atoms with E-state index in [9.17, 15) is 0 Å². The molecule has 0 heteroatoms. The fourth-order valence-corrected chi connectivity index (χ4v) is 1.28. The molecule has 0 aromatic rings. The summed E-state index contributed by atoms with van der Waals surface area (Å²) in [5, 5.41) is 0. The summed E-state index contributed by atoms with van der Waals surface area (Å²) in [5.41, 5.74) is 0. The quantitative estimate of drug-likeness (QED) is 0.422. The molecule has 0 saturated heterocycles. The first-order valence-corrected chi connectivity index (χ1v) is 4.22. The van der Waals surface area contributed by atoms with Gasteiger partial charge in [0.05, 0.1) is 0 Å². The fraction of sp³-hybridized carbons (Fsp3) is 0.455. The molecule has 0 heterocycles. The first kappa shape index (κ1) is 8.14. The SMILES string of the molecule is C#CCCCCC1C=CC=C1. The summed E-state index contributed by atoms with van der Waals surface area (Å²) in [4.78, 5) is 0. The number of rotatable bonds is 4. The van der Waals surface area contributed by atoms with Crippen LogP contribution in [0.1, 0.15) is 25.7 Å². The smallest absolute Gasteiger partial charge is 0.00860 e. The van der Waals surface area contributed by atoms with Gasteiger partial charge >= 0.3 is 0 Å². The lowest BCUT2D eigenvalue weighted by molar-refractivity contribution is 0.631. The lowest BCUT2D eigenvalue weighted by Crippen LogP contribution is -1.88. The van der Waals surface area contributed by atoms with Crippen LogP contribution in [0.2, 0.25) is 0 Å². The third-order valence-electron chi connectivity index (χ3n) is 1.94. The second kappa shape index (κ2) is 4.79. The van der Waals surface area contributed by atoms with Gasteiger partial charge in [0.1, 0.15) is 0 Å². The fourth-order valence-electron chi connectivity index (χ4n) is 1.28. The topological polar surface area (TPSA) is 0 Å². The molecule has 0 aromatic carbocycles. The Balaban J connectivity index is 2.00. The van der Waals surface area contributed by atoms with Crippen molar-refractivity contribution in [2.24, 2.45) is 5.92 Å². The zero-order valence-corrected chi connectivity index (χ0v) is 6.79. The van der Waals surface area contributed by atoms with Gasteiger partial charge in [0, 0.05) is 6.42 Å². The summed E-state index contributed by atoms with van der Waals surface area (Å²) >= 11 is 0. The Kier molecular flexibility index (Phi) is 3.55. The summed E-state index contributed by atoms with van der Waals surface area (Å²) in [7, 11) is 0. The molecule has 0 aliphatic heterocycles. The van der Waals surface area contributed by atoms with Gasteiger partial charge < -0.3 is 0 Å². The van der Waals surface area contributed by atoms with Crippen molar-refractivity contribution in [3.05, 3.63) is 24.3 Å². The van der Waals surface area contributed by atoms with Crippen LogP contribution in [0, 0.1) is 18.3 Å². The molecule has 0 amide bonds. The van der Waals surface area contributed by atoms with Gasteiger partial charge in [-0.1, -0.05) is 30.7 Å². The molecule has 0 bridgehead atoms. The maximum Gasteiger partial charge on any atom is 0.00860 e. The molecule has 0 atom stereocenters. The Morgan fingerprint density at radius 1 is 1.18 bits per heavy atom. The average Bonchev–Trinajstić information content (AvgIpc) is 2.50. The van der Waals surface area contributed by atoms with Crippen LogP contribution in [0.3, 0.4) is 0 Å². The molecule has 11 heavy (non-hydrogen) atoms. The van der Waals surface area contributed by atoms with Crippen LogP contribution in [0.4, 0.5) is 0 Å². The zero-order chi connectivity index (χ0) is 7.94. The number of terminal acetylenes is 1. The molecular formula is C11H14. The minimum Gasteiger partial charge on any atom is -0.120 e. The molecule has 58 valence electrons. The van der Waals surface area contributed by atoms with E-state index >= 15 is 0 Å². The van der Waals surface area contributed by atoms with E-state index in [1.807, 2.05) is 0 Å². The van der Waals surface area contributed by atoms with Crippen molar-refractivity contribution >= 4 is 0 Å². The summed E-state index contributed by atoms with van der Waals surface area (Å²) in [6, 6.07) is 0. The van der Waals surface area contributed by atoms with Crippen molar-refractivity contribution in [2.45, 2.75) is 25.7 Å². The Morgan fingerprint density at radius 3 is 2.55 bits per heavy atom. The Hall–Kier alpha value is -0.960. The summed E-state index contributed by atoms with van der Waals surface area (Å²) in [6.45, 7) is 0. The van der Waals surface area contributed by atoms with Crippen LogP contribution >= 0.6 is 0 Å². The minimum absolute atomic E-state index is 0.688. The first-order valence-electron chi connectivity index (χ1n) is 4.22. The van der Waals surface area contributed by atoms with Gasteiger partial charge in [-0.3, -0.25) is 0 Å². The van der Waals surface area contributed by atoms with Crippen LogP contribution in [-0.4, -0.2) is 0 Å². The first-order chi connectivity index (χ1) is 5.43. The molecule has 1 aliphatic rings. The van der Waals surface area contributed by atoms with Gasteiger partial charge in [0.25, 0.3) is 0 Å². The van der Waals surface area contributed by atoms with Gasteiger partial charge in [-0.05, 0) is 18.8 Å². The van der Waals surface area contributed by atoms with Crippen LogP contribution in [0.5, 0.6) is 0 Å². The van der Waals surface area contributed by atoms with Crippen molar-refractivity contribution < 1.29 is 0 Å². The third kappa shape index (κ3) is 3.09. The lowest BCUT2D eigenvalue weighted by atomic mass is 10.0. The second-order valence-corrected chi connectivity index (χ2v) is 2.88. The van der Waals surface area contributed by atoms with Gasteiger partial charge in [-0.2, -0.15) is 0 Å². The molecule has 0 nitrogen and oxygen atoms in total. The van der Waals surface area contributed by atoms with Crippen LogP contribution in [0.25, 0.3) is 0 Å². The molecule has 1 aliphatic carbocycles. The molecule has 0 N–H and O–H groups in total. The van der Waals surface area contributed by atoms with Gasteiger partial charge in [-0.15, -0.1) is 12.3 Å². The maximum absolute atomic E-state index is 5.14. The minimum atomic E-state index is 0.688. The number of unbranched alkanes of at least 4 members (excludes halogenated alkanes) is 2. The molecular weight excluding hydrogens is 132 g/mol. The average molecular weight is 146 g/mol. The van der Waals surface area contributed by atoms with Crippen molar-refractivity contribution in [3.8, 4) is 12.3 Å². The van der Waals surface area contributed by atoms with Crippen molar-refractivity contribution in [1.82, 2.24) is 0 Å². The van der Waals surface area contributed by atoms with E-state index in [-0.39, 0.29) is 0 Å². The van der Waals surface area contributed by atoms with Gasteiger partial charge in [-0.25, -0.2) is 0 Å².